The third-order valence-corrected chi connectivity index (χ3v) is 5.77. The summed E-state index contributed by atoms with van der Waals surface area (Å²) in [6.07, 6.45) is 7.25. The summed E-state index contributed by atoms with van der Waals surface area (Å²) < 4.78 is 0. The predicted octanol–water partition coefficient (Wildman–Crippen LogP) is 3.35. The van der Waals surface area contributed by atoms with Crippen LogP contribution in [0.15, 0.2) is 58.3 Å². The number of hydrogen-bond donors (Lipinski definition) is 3. The number of likely N-dealkylation sites (N-methyl/N-ethyl adjacent to an activating group) is 1. The van der Waals surface area contributed by atoms with Gasteiger partial charge >= 0.3 is 0 Å². The molecule has 4 rings (SSSR count). The minimum atomic E-state index is 0.246. The molecule has 3 heterocycles. The van der Waals surface area contributed by atoms with Gasteiger partial charge in [-0.15, -0.1) is 0 Å². The van der Waals surface area contributed by atoms with Crippen LogP contribution in [0.1, 0.15) is 24.6 Å². The van der Waals surface area contributed by atoms with E-state index in [2.05, 4.69) is 57.5 Å². The number of allylic oxidation sites excluding steroid dienone is 2. The van der Waals surface area contributed by atoms with E-state index in [1.54, 1.807) is 0 Å². The van der Waals surface area contributed by atoms with Gasteiger partial charge in [0.15, 0.2) is 5.82 Å². The zero-order valence-corrected chi connectivity index (χ0v) is 19.0. The van der Waals surface area contributed by atoms with Gasteiger partial charge in [-0.2, -0.15) is 10.1 Å². The Hall–Kier alpha value is -3.39. The Morgan fingerprint density at radius 1 is 1.09 bits per heavy atom. The van der Waals surface area contributed by atoms with Crippen LogP contribution in [0.3, 0.4) is 0 Å². The summed E-state index contributed by atoms with van der Waals surface area (Å²) in [6.45, 7) is 8.15. The van der Waals surface area contributed by atoms with E-state index in [0.29, 0.717) is 11.8 Å². The number of aliphatic imine (C=N–C) groups is 2. The Labute approximate surface area is 189 Å². The van der Waals surface area contributed by atoms with Gasteiger partial charge in [0, 0.05) is 55.3 Å². The molecule has 8 heteroatoms. The van der Waals surface area contributed by atoms with Gasteiger partial charge in [0.1, 0.15) is 5.82 Å². The third-order valence-electron chi connectivity index (χ3n) is 5.77. The van der Waals surface area contributed by atoms with E-state index in [0.717, 1.165) is 61.1 Å². The minimum absolute atomic E-state index is 0.246. The number of nitrogens with one attached hydrogen (secondary N) is 2. The second-order valence-electron chi connectivity index (χ2n) is 8.52. The number of hydrogen-bond acceptors (Lipinski definition) is 7. The normalized spacial score (nSPS) is 22.0. The topological polar surface area (TPSA) is 97.9 Å². The Morgan fingerprint density at radius 3 is 2.53 bits per heavy atom. The van der Waals surface area contributed by atoms with Crippen LogP contribution in [0.4, 0.5) is 11.5 Å². The maximum Gasteiger partial charge on any atom is 0.230 e. The average molecular weight is 433 g/mol. The minimum Gasteiger partial charge on any atom is -0.399 e. The molecule has 0 aliphatic carbocycles. The first-order valence-corrected chi connectivity index (χ1v) is 11.1. The smallest absolute Gasteiger partial charge is 0.230 e. The Kier molecular flexibility index (Phi) is 6.70. The quantitative estimate of drug-likeness (QED) is 0.644. The van der Waals surface area contributed by atoms with Gasteiger partial charge in [-0.1, -0.05) is 25.1 Å². The summed E-state index contributed by atoms with van der Waals surface area (Å²) in [5.41, 5.74) is 9.60. The molecule has 2 aliphatic rings. The predicted molar refractivity (Wildman–Crippen MR) is 133 cm³/mol. The first-order valence-electron chi connectivity index (χ1n) is 11.1. The maximum atomic E-state index is 5.81. The number of aromatic amines is 1. The summed E-state index contributed by atoms with van der Waals surface area (Å²) in [6, 6.07) is 9.77. The lowest BCUT2D eigenvalue weighted by molar-refractivity contribution is 0.184. The highest BCUT2D eigenvalue weighted by molar-refractivity contribution is 6.09. The number of anilines is 2. The molecule has 0 saturated carbocycles. The van der Waals surface area contributed by atoms with Gasteiger partial charge in [-0.05, 0) is 50.2 Å². The lowest BCUT2D eigenvalue weighted by Gasteiger charge is -2.34. The zero-order chi connectivity index (χ0) is 22.5. The third kappa shape index (κ3) is 5.64. The summed E-state index contributed by atoms with van der Waals surface area (Å²) in [5, 5.41) is 10.6. The highest BCUT2D eigenvalue weighted by Gasteiger charge is 2.20. The van der Waals surface area contributed by atoms with Gasteiger partial charge in [-0.25, -0.2) is 4.99 Å². The molecule has 8 nitrogen and oxygen atoms in total. The molecule has 0 radical (unpaired) electrons. The van der Waals surface area contributed by atoms with E-state index in [-0.39, 0.29) is 5.92 Å². The molecule has 1 aromatic heterocycles. The summed E-state index contributed by atoms with van der Waals surface area (Å²) in [5.74, 6) is 2.48. The number of aryl methyl sites for hydroxylation is 1. The van der Waals surface area contributed by atoms with Crippen molar-refractivity contribution < 1.29 is 0 Å². The van der Waals surface area contributed by atoms with Crippen LogP contribution in [-0.2, 0) is 0 Å². The number of piperazine rings is 1. The number of rotatable bonds is 4. The van der Waals surface area contributed by atoms with Gasteiger partial charge in [0.2, 0.25) is 5.96 Å². The van der Waals surface area contributed by atoms with Crippen molar-refractivity contribution >= 4 is 29.3 Å². The number of benzene rings is 1. The number of H-pyrrole nitrogens is 1. The van der Waals surface area contributed by atoms with Crippen LogP contribution >= 0.6 is 0 Å². The van der Waals surface area contributed by atoms with Crippen LogP contribution in [0.5, 0.6) is 0 Å². The van der Waals surface area contributed by atoms with Crippen LogP contribution < -0.4 is 11.1 Å². The summed E-state index contributed by atoms with van der Waals surface area (Å²) in [7, 11) is 2.16. The zero-order valence-electron chi connectivity index (χ0n) is 19.0. The fourth-order valence-corrected chi connectivity index (χ4v) is 3.69. The molecular weight excluding hydrogens is 400 g/mol. The van der Waals surface area contributed by atoms with Crippen LogP contribution in [0.25, 0.3) is 6.08 Å². The van der Waals surface area contributed by atoms with Crippen LogP contribution in [-0.4, -0.2) is 64.9 Å². The fraction of sp³-hybridized carbons (Fsp3) is 0.375. The number of aromatic nitrogens is 2. The van der Waals surface area contributed by atoms with Gasteiger partial charge < -0.3 is 20.9 Å². The standard InChI is InChI=1S/C24H32N8/c1-17-4-11-23(32-14-12-31(3)13-15-32)28-24(27-22-16-18(2)29-30-22)26-21(17)10-7-19-5-8-20(25)9-6-19/h5-11,16-17H,4,12-15,25H2,1-3H3,(H2,27,28,29,30)/b10-7+,23-11-,26-21?. The summed E-state index contributed by atoms with van der Waals surface area (Å²) >= 11 is 0. The molecule has 4 N–H and O–H groups in total. The molecule has 0 spiro atoms. The van der Waals surface area contributed by atoms with Gasteiger partial charge in [0.05, 0.1) is 0 Å². The maximum absolute atomic E-state index is 5.81. The van der Waals surface area contributed by atoms with Crippen LogP contribution in [0.2, 0.25) is 0 Å². The SMILES string of the molecule is Cc1cc(NC2=N/C(N3CCN(C)CC3)=C/CC(C)C(/C=C/c3ccc(N)cc3)=N2)n[nH]1. The molecule has 168 valence electrons. The number of nitrogens with zero attached hydrogens (tertiary/aromatic N) is 5. The van der Waals surface area contributed by atoms with Gasteiger partial charge in [0.25, 0.3) is 0 Å². The van der Waals surface area contributed by atoms with E-state index in [9.17, 15) is 0 Å². The van der Waals surface area contributed by atoms with Gasteiger partial charge in [-0.3, -0.25) is 5.10 Å². The highest BCUT2D eigenvalue weighted by atomic mass is 15.3. The van der Waals surface area contributed by atoms with E-state index in [1.165, 1.54) is 0 Å². The monoisotopic (exact) mass is 432 g/mol. The van der Waals surface area contributed by atoms with E-state index >= 15 is 0 Å². The average Bonchev–Trinajstić information content (AvgIpc) is 3.18. The molecule has 1 fully saturated rings. The van der Waals surface area contributed by atoms with E-state index in [1.807, 2.05) is 37.3 Å². The molecule has 32 heavy (non-hydrogen) atoms. The van der Waals surface area contributed by atoms with Crippen molar-refractivity contribution in [2.24, 2.45) is 15.9 Å². The fourth-order valence-electron chi connectivity index (χ4n) is 3.69. The van der Waals surface area contributed by atoms with Crippen molar-refractivity contribution in [1.82, 2.24) is 20.0 Å². The Balaban J connectivity index is 1.63. The van der Waals surface area contributed by atoms with Crippen molar-refractivity contribution in [3.63, 3.8) is 0 Å². The van der Waals surface area contributed by atoms with Crippen molar-refractivity contribution in [1.29, 1.82) is 0 Å². The second-order valence-corrected chi connectivity index (χ2v) is 8.52. The van der Waals surface area contributed by atoms with Crippen molar-refractivity contribution in [2.75, 3.05) is 44.3 Å². The highest BCUT2D eigenvalue weighted by Crippen LogP contribution is 2.20. The van der Waals surface area contributed by atoms with E-state index < -0.39 is 0 Å². The lowest BCUT2D eigenvalue weighted by atomic mass is 9.99. The molecule has 2 aromatic rings. The molecule has 0 bridgehead atoms. The number of nitrogen functional groups attached to an aromatic ring is 1. The lowest BCUT2D eigenvalue weighted by Crippen LogP contribution is -2.43. The molecular formula is C24H32N8. The van der Waals surface area contributed by atoms with Crippen LogP contribution in [0, 0.1) is 12.8 Å². The van der Waals surface area contributed by atoms with Crippen molar-refractivity contribution in [2.45, 2.75) is 20.3 Å². The van der Waals surface area contributed by atoms with E-state index in [4.69, 9.17) is 15.7 Å². The molecule has 1 aromatic carbocycles. The molecule has 1 saturated heterocycles. The van der Waals surface area contributed by atoms with Crippen molar-refractivity contribution in [3.05, 3.63) is 59.6 Å². The first-order chi connectivity index (χ1) is 15.5. The molecule has 0 amide bonds. The molecule has 1 atom stereocenters. The number of nitrogens with two attached hydrogens (primary N) is 1. The number of guanidine groups is 1. The molecule has 1 unspecified atom stereocenters. The first kappa shape index (κ1) is 21.8. The Bertz CT molecular complexity index is 1040. The van der Waals surface area contributed by atoms with Crippen molar-refractivity contribution in [3.8, 4) is 0 Å². The second kappa shape index (κ2) is 9.82. The summed E-state index contributed by atoms with van der Waals surface area (Å²) in [4.78, 5) is 14.5. The molecule has 2 aliphatic heterocycles. The largest absolute Gasteiger partial charge is 0.399 e. The Morgan fingerprint density at radius 2 is 1.84 bits per heavy atom.